The Kier molecular flexibility index (Phi) is 3.53. The lowest BCUT2D eigenvalue weighted by atomic mass is 10.2. The van der Waals surface area contributed by atoms with Crippen LogP contribution in [0.25, 0.3) is 0 Å². The minimum Gasteiger partial charge on any atom is -0.290 e. The van der Waals surface area contributed by atoms with E-state index in [2.05, 4.69) is 0 Å². The molecule has 1 aromatic carbocycles. The molecule has 9 heteroatoms. The molecule has 0 heterocycles. The summed E-state index contributed by atoms with van der Waals surface area (Å²) < 4.78 is 0. The molecule has 0 radical (unpaired) electrons. The van der Waals surface area contributed by atoms with Gasteiger partial charge in [-0.15, -0.1) is 0 Å². The highest BCUT2D eigenvalue weighted by atomic mass is 16.6. The Hall–Kier alpha value is -2.73. The quantitative estimate of drug-likeness (QED) is 0.352. The molecule has 0 aliphatic rings. The van der Waals surface area contributed by atoms with Crippen molar-refractivity contribution in [2.45, 2.75) is 0 Å². The maximum atomic E-state index is 10.8. The van der Waals surface area contributed by atoms with Crippen LogP contribution in [0.15, 0.2) is 18.2 Å². The number of nitriles is 1. The van der Waals surface area contributed by atoms with Crippen molar-refractivity contribution in [3.63, 3.8) is 0 Å². The average molecular weight is 237 g/mol. The van der Waals surface area contributed by atoms with Crippen molar-refractivity contribution >= 4 is 17.1 Å². The number of hydrazine groups is 1. The number of hydrogen-bond acceptors (Lipinski definition) is 7. The van der Waals surface area contributed by atoms with Crippen LogP contribution in [-0.4, -0.2) is 16.4 Å². The molecule has 1 aromatic rings. The predicted molar refractivity (Wildman–Crippen MR) is 56.9 cm³/mol. The summed E-state index contributed by atoms with van der Waals surface area (Å²) in [5, 5.41) is 30.6. The van der Waals surface area contributed by atoms with E-state index in [-0.39, 0.29) is 12.2 Å². The van der Waals surface area contributed by atoms with E-state index in [4.69, 9.17) is 11.1 Å². The average Bonchev–Trinajstić information content (AvgIpc) is 2.28. The van der Waals surface area contributed by atoms with E-state index >= 15 is 0 Å². The Morgan fingerprint density at radius 3 is 2.47 bits per heavy atom. The van der Waals surface area contributed by atoms with Crippen LogP contribution in [0.1, 0.15) is 0 Å². The number of nitro benzene ring substituents is 2. The second-order valence-electron chi connectivity index (χ2n) is 2.95. The van der Waals surface area contributed by atoms with E-state index in [1.165, 1.54) is 12.1 Å². The van der Waals surface area contributed by atoms with Crippen LogP contribution >= 0.6 is 0 Å². The van der Waals surface area contributed by atoms with Gasteiger partial charge in [-0.3, -0.25) is 25.2 Å². The molecule has 88 valence electrons. The smallest absolute Gasteiger partial charge is 0.290 e. The molecule has 0 amide bonds. The van der Waals surface area contributed by atoms with Crippen molar-refractivity contribution < 1.29 is 9.85 Å². The number of rotatable bonds is 4. The van der Waals surface area contributed by atoms with Crippen molar-refractivity contribution in [1.29, 1.82) is 5.26 Å². The maximum Gasteiger partial charge on any atom is 0.370 e. The summed E-state index contributed by atoms with van der Waals surface area (Å²) in [6.45, 7) is -0.317. The minimum absolute atomic E-state index is 0.175. The first kappa shape index (κ1) is 12.3. The zero-order valence-corrected chi connectivity index (χ0v) is 8.44. The summed E-state index contributed by atoms with van der Waals surface area (Å²) in [5.41, 5.74) is -1.57. The third kappa shape index (κ3) is 2.44. The minimum atomic E-state index is -0.898. The molecule has 17 heavy (non-hydrogen) atoms. The molecule has 0 bridgehead atoms. The van der Waals surface area contributed by atoms with E-state index in [1.807, 2.05) is 0 Å². The van der Waals surface area contributed by atoms with Gasteiger partial charge in [0.05, 0.1) is 15.9 Å². The second kappa shape index (κ2) is 4.86. The standard InChI is InChI=1S/C8H7N5O4/c9-4-5-11(10)6-2-1-3-7(12(14)15)8(6)13(16)17/h1-3H,5,10H2. The normalized spacial score (nSPS) is 9.41. The van der Waals surface area contributed by atoms with Crippen LogP contribution in [0.2, 0.25) is 0 Å². The number of nitrogens with zero attached hydrogens (tertiary/aromatic N) is 4. The molecular formula is C8H7N5O4. The summed E-state index contributed by atoms with van der Waals surface area (Å²) in [4.78, 5) is 19.7. The molecule has 0 unspecified atom stereocenters. The van der Waals surface area contributed by atoms with Gasteiger partial charge >= 0.3 is 11.4 Å². The van der Waals surface area contributed by atoms with Gasteiger partial charge in [0.1, 0.15) is 12.2 Å². The first-order valence-electron chi connectivity index (χ1n) is 4.30. The predicted octanol–water partition coefficient (Wildman–Crippen LogP) is 0.707. The SMILES string of the molecule is N#CCN(N)c1cccc([N+](=O)[O-])c1[N+](=O)[O-]. The van der Waals surface area contributed by atoms with Crippen molar-refractivity contribution in [2.24, 2.45) is 5.84 Å². The highest BCUT2D eigenvalue weighted by Crippen LogP contribution is 2.35. The Balaban J connectivity index is 3.41. The van der Waals surface area contributed by atoms with Gasteiger partial charge in [0.2, 0.25) is 0 Å². The number of nitro groups is 2. The van der Waals surface area contributed by atoms with Crippen LogP contribution in [0.4, 0.5) is 17.1 Å². The fourth-order valence-electron chi connectivity index (χ4n) is 1.25. The maximum absolute atomic E-state index is 10.8. The third-order valence-electron chi connectivity index (χ3n) is 1.92. The molecule has 9 nitrogen and oxygen atoms in total. The largest absolute Gasteiger partial charge is 0.370 e. The monoisotopic (exact) mass is 237 g/mol. The second-order valence-corrected chi connectivity index (χ2v) is 2.95. The van der Waals surface area contributed by atoms with E-state index in [0.29, 0.717) is 0 Å². The number of para-hydroxylation sites is 1. The Morgan fingerprint density at radius 2 is 2.00 bits per heavy atom. The van der Waals surface area contributed by atoms with Crippen LogP contribution < -0.4 is 10.9 Å². The summed E-state index contributed by atoms with van der Waals surface area (Å²) >= 11 is 0. The molecule has 0 saturated carbocycles. The van der Waals surface area contributed by atoms with Gasteiger partial charge in [-0.1, -0.05) is 6.07 Å². The summed E-state index contributed by atoms with van der Waals surface area (Å²) in [5.74, 6) is 5.40. The van der Waals surface area contributed by atoms with Crippen molar-refractivity contribution in [1.82, 2.24) is 0 Å². The lowest BCUT2D eigenvalue weighted by Crippen LogP contribution is -2.31. The first-order chi connectivity index (χ1) is 7.99. The van der Waals surface area contributed by atoms with Gasteiger partial charge in [-0.25, -0.2) is 5.84 Å². The van der Waals surface area contributed by atoms with Gasteiger partial charge in [0.15, 0.2) is 0 Å². The summed E-state index contributed by atoms with van der Waals surface area (Å²) in [6, 6.07) is 5.19. The number of anilines is 1. The number of nitrogens with two attached hydrogens (primary N) is 1. The number of benzene rings is 1. The summed E-state index contributed by atoms with van der Waals surface area (Å²) in [6.07, 6.45) is 0. The lowest BCUT2D eigenvalue weighted by molar-refractivity contribution is -0.422. The molecule has 0 fully saturated rings. The Morgan fingerprint density at radius 1 is 1.35 bits per heavy atom. The van der Waals surface area contributed by atoms with Crippen molar-refractivity contribution in [3.8, 4) is 6.07 Å². The van der Waals surface area contributed by atoms with Gasteiger partial charge in [-0.2, -0.15) is 5.26 Å². The highest BCUT2D eigenvalue weighted by Gasteiger charge is 2.29. The fraction of sp³-hybridized carbons (Fsp3) is 0.125. The van der Waals surface area contributed by atoms with E-state index in [0.717, 1.165) is 11.1 Å². The van der Waals surface area contributed by atoms with Crippen LogP contribution in [0.3, 0.4) is 0 Å². The molecule has 0 aliphatic carbocycles. The molecule has 2 N–H and O–H groups in total. The van der Waals surface area contributed by atoms with E-state index < -0.39 is 21.2 Å². The van der Waals surface area contributed by atoms with E-state index in [9.17, 15) is 20.2 Å². The van der Waals surface area contributed by atoms with Gasteiger partial charge < -0.3 is 0 Å². The number of hydrogen-bond donors (Lipinski definition) is 1. The van der Waals surface area contributed by atoms with Crippen molar-refractivity contribution in [3.05, 3.63) is 38.4 Å². The molecule has 0 aliphatic heterocycles. The molecule has 0 spiro atoms. The van der Waals surface area contributed by atoms with Gasteiger partial charge in [0, 0.05) is 6.07 Å². The van der Waals surface area contributed by atoms with Gasteiger partial charge in [0.25, 0.3) is 0 Å². The van der Waals surface area contributed by atoms with Crippen LogP contribution in [0.5, 0.6) is 0 Å². The zero-order chi connectivity index (χ0) is 13.0. The van der Waals surface area contributed by atoms with Crippen LogP contribution in [-0.2, 0) is 0 Å². The topological polar surface area (TPSA) is 139 Å². The van der Waals surface area contributed by atoms with Crippen molar-refractivity contribution in [2.75, 3.05) is 11.6 Å². The first-order valence-corrected chi connectivity index (χ1v) is 4.30. The fourth-order valence-corrected chi connectivity index (χ4v) is 1.25. The Labute approximate surface area is 94.9 Å². The van der Waals surface area contributed by atoms with Crippen LogP contribution in [0, 0.1) is 31.6 Å². The molecule has 1 rings (SSSR count). The molecular weight excluding hydrogens is 230 g/mol. The van der Waals surface area contributed by atoms with E-state index in [1.54, 1.807) is 6.07 Å². The lowest BCUT2D eigenvalue weighted by Gasteiger charge is -2.13. The molecule has 0 aromatic heterocycles. The molecule has 0 saturated heterocycles. The third-order valence-corrected chi connectivity index (χ3v) is 1.92. The highest BCUT2D eigenvalue weighted by molar-refractivity contribution is 5.72. The zero-order valence-electron chi connectivity index (χ0n) is 8.44. The van der Waals surface area contributed by atoms with Gasteiger partial charge in [-0.05, 0) is 6.07 Å². The Bertz CT molecular complexity index is 509. The summed E-state index contributed by atoms with van der Waals surface area (Å²) in [7, 11) is 0. The molecule has 0 atom stereocenters.